The predicted octanol–water partition coefficient (Wildman–Crippen LogP) is 3.47. The first-order valence-electron chi connectivity index (χ1n) is 11.0. The number of Topliss-reactive ketones (excluding diaryl/α,β-unsaturated/α-hetero) is 1. The summed E-state index contributed by atoms with van der Waals surface area (Å²) in [7, 11) is 0. The van der Waals surface area contributed by atoms with Gasteiger partial charge in [-0.3, -0.25) is 14.4 Å². The summed E-state index contributed by atoms with van der Waals surface area (Å²) in [6.45, 7) is 1.32. The number of nitrogens with zero attached hydrogens (tertiary/aromatic N) is 1. The zero-order valence-electron chi connectivity index (χ0n) is 17.6. The highest BCUT2D eigenvalue weighted by molar-refractivity contribution is 6.03. The first kappa shape index (κ1) is 21.1. The monoisotopic (exact) mass is 420 g/mol. The van der Waals surface area contributed by atoms with E-state index in [1.165, 1.54) is 0 Å². The van der Waals surface area contributed by atoms with Crippen molar-refractivity contribution in [1.82, 2.24) is 10.2 Å². The number of carbonyl (C=O) groups excluding carboxylic acids is 3. The maximum absolute atomic E-state index is 12.7. The van der Waals surface area contributed by atoms with Crippen LogP contribution in [-0.2, 0) is 4.79 Å². The standard InChI is InChI=1S/C25H28N2O4/c28-22(18-7-2-1-3-8-18)17-26-24(29)21-11-4-5-12-23(21)31-20-13-15-27(16-14-20)25(30)19-9-6-10-19/h1-5,7-8,11-12,19-20H,6,9-10,13-17H2,(H,26,29). The van der Waals surface area contributed by atoms with Crippen LogP contribution in [0.2, 0.25) is 0 Å². The Labute approximate surface area is 182 Å². The van der Waals surface area contributed by atoms with Crippen molar-refractivity contribution >= 4 is 17.6 Å². The fourth-order valence-corrected chi connectivity index (χ4v) is 4.03. The molecule has 6 nitrogen and oxygen atoms in total. The number of para-hydroxylation sites is 1. The molecule has 0 spiro atoms. The van der Waals surface area contributed by atoms with Gasteiger partial charge in [-0.05, 0) is 25.0 Å². The molecule has 1 N–H and O–H groups in total. The van der Waals surface area contributed by atoms with Crippen LogP contribution in [0.3, 0.4) is 0 Å². The SMILES string of the molecule is O=C(CNC(=O)c1ccccc1OC1CCN(C(=O)C2CCC2)CC1)c1ccccc1. The molecule has 162 valence electrons. The number of ketones is 1. The van der Waals surface area contributed by atoms with Crippen molar-refractivity contribution < 1.29 is 19.1 Å². The third-order valence-electron chi connectivity index (χ3n) is 6.14. The number of piperidine rings is 1. The lowest BCUT2D eigenvalue weighted by molar-refractivity contribution is -0.140. The van der Waals surface area contributed by atoms with E-state index in [0.717, 1.165) is 32.1 Å². The Bertz CT molecular complexity index is 932. The van der Waals surface area contributed by atoms with E-state index in [-0.39, 0.29) is 36.2 Å². The summed E-state index contributed by atoms with van der Waals surface area (Å²) in [6, 6.07) is 16.0. The summed E-state index contributed by atoms with van der Waals surface area (Å²) in [4.78, 5) is 39.3. The highest BCUT2D eigenvalue weighted by atomic mass is 16.5. The number of hydrogen-bond acceptors (Lipinski definition) is 4. The van der Waals surface area contributed by atoms with Gasteiger partial charge in [0.15, 0.2) is 5.78 Å². The van der Waals surface area contributed by atoms with Crippen molar-refractivity contribution in [3.63, 3.8) is 0 Å². The van der Waals surface area contributed by atoms with E-state index in [0.29, 0.717) is 30.0 Å². The second-order valence-electron chi connectivity index (χ2n) is 8.24. The number of carbonyl (C=O) groups is 3. The van der Waals surface area contributed by atoms with Crippen LogP contribution in [0.1, 0.15) is 52.8 Å². The van der Waals surface area contributed by atoms with E-state index in [1.807, 2.05) is 17.0 Å². The number of hydrogen-bond donors (Lipinski definition) is 1. The smallest absolute Gasteiger partial charge is 0.255 e. The van der Waals surface area contributed by atoms with Crippen LogP contribution in [0, 0.1) is 5.92 Å². The van der Waals surface area contributed by atoms with Gasteiger partial charge in [-0.1, -0.05) is 48.9 Å². The summed E-state index contributed by atoms with van der Waals surface area (Å²) < 4.78 is 6.14. The molecular weight excluding hydrogens is 392 g/mol. The molecule has 0 unspecified atom stereocenters. The van der Waals surface area contributed by atoms with E-state index in [2.05, 4.69) is 5.32 Å². The highest BCUT2D eigenvalue weighted by Crippen LogP contribution is 2.30. The average molecular weight is 421 g/mol. The zero-order valence-corrected chi connectivity index (χ0v) is 17.6. The Morgan fingerprint density at radius 3 is 2.26 bits per heavy atom. The third kappa shape index (κ3) is 5.13. The molecule has 2 aromatic rings. The molecule has 1 saturated carbocycles. The molecule has 1 saturated heterocycles. The van der Waals surface area contributed by atoms with Crippen LogP contribution in [-0.4, -0.2) is 48.2 Å². The van der Waals surface area contributed by atoms with Gasteiger partial charge >= 0.3 is 0 Å². The van der Waals surface area contributed by atoms with E-state index < -0.39 is 0 Å². The first-order chi connectivity index (χ1) is 15.1. The summed E-state index contributed by atoms with van der Waals surface area (Å²) in [5.41, 5.74) is 0.979. The molecule has 2 aliphatic rings. The van der Waals surface area contributed by atoms with Gasteiger partial charge in [-0.25, -0.2) is 0 Å². The number of rotatable bonds is 7. The number of likely N-dealkylation sites (tertiary alicyclic amines) is 1. The van der Waals surface area contributed by atoms with Crippen molar-refractivity contribution in [2.75, 3.05) is 19.6 Å². The number of benzene rings is 2. The van der Waals surface area contributed by atoms with Gasteiger partial charge in [0.05, 0.1) is 12.1 Å². The van der Waals surface area contributed by atoms with Crippen molar-refractivity contribution in [3.05, 3.63) is 65.7 Å². The molecule has 0 aromatic heterocycles. The minimum Gasteiger partial charge on any atom is -0.489 e. The zero-order chi connectivity index (χ0) is 21.6. The van der Waals surface area contributed by atoms with Crippen molar-refractivity contribution in [2.45, 2.75) is 38.2 Å². The number of ether oxygens (including phenoxy) is 1. The molecule has 0 bridgehead atoms. The van der Waals surface area contributed by atoms with E-state index in [4.69, 9.17) is 4.74 Å². The molecule has 1 aliphatic carbocycles. The highest BCUT2D eigenvalue weighted by Gasteiger charge is 2.32. The Balaban J connectivity index is 1.31. The molecule has 6 heteroatoms. The Hall–Kier alpha value is -3.15. The molecule has 2 fully saturated rings. The molecule has 1 aliphatic heterocycles. The van der Waals surface area contributed by atoms with Crippen LogP contribution >= 0.6 is 0 Å². The Morgan fingerprint density at radius 2 is 1.58 bits per heavy atom. The van der Waals surface area contributed by atoms with Gasteiger partial charge in [0.1, 0.15) is 11.9 Å². The quantitative estimate of drug-likeness (QED) is 0.696. The molecule has 0 atom stereocenters. The minimum absolute atomic E-state index is 0.0367. The van der Waals surface area contributed by atoms with Crippen LogP contribution in [0.4, 0.5) is 0 Å². The van der Waals surface area contributed by atoms with E-state index >= 15 is 0 Å². The van der Waals surface area contributed by atoms with Gasteiger partial charge in [0, 0.05) is 37.4 Å². The van der Waals surface area contributed by atoms with Crippen LogP contribution in [0.5, 0.6) is 5.75 Å². The summed E-state index contributed by atoms with van der Waals surface area (Å²) in [5.74, 6) is 0.539. The molecule has 4 rings (SSSR count). The third-order valence-corrected chi connectivity index (χ3v) is 6.14. The fourth-order valence-electron chi connectivity index (χ4n) is 4.03. The lowest BCUT2D eigenvalue weighted by Gasteiger charge is -2.36. The minimum atomic E-state index is -0.336. The van der Waals surface area contributed by atoms with Crippen LogP contribution in [0.15, 0.2) is 54.6 Å². The van der Waals surface area contributed by atoms with Gasteiger partial charge in [0.25, 0.3) is 5.91 Å². The van der Waals surface area contributed by atoms with Crippen molar-refractivity contribution in [2.24, 2.45) is 5.92 Å². The van der Waals surface area contributed by atoms with Gasteiger partial charge < -0.3 is 15.0 Å². The number of nitrogens with one attached hydrogen (secondary N) is 1. The largest absolute Gasteiger partial charge is 0.489 e. The normalized spacial score (nSPS) is 17.0. The Kier molecular flexibility index (Phi) is 6.65. The van der Waals surface area contributed by atoms with Gasteiger partial charge in [-0.15, -0.1) is 0 Å². The maximum Gasteiger partial charge on any atom is 0.255 e. The van der Waals surface area contributed by atoms with Crippen LogP contribution < -0.4 is 10.1 Å². The average Bonchev–Trinajstić information content (AvgIpc) is 2.77. The van der Waals surface area contributed by atoms with Crippen LogP contribution in [0.25, 0.3) is 0 Å². The lowest BCUT2D eigenvalue weighted by atomic mass is 9.84. The van der Waals surface area contributed by atoms with Gasteiger partial charge in [-0.2, -0.15) is 0 Å². The van der Waals surface area contributed by atoms with Crippen molar-refractivity contribution in [1.29, 1.82) is 0 Å². The fraction of sp³-hybridized carbons (Fsp3) is 0.400. The summed E-state index contributed by atoms with van der Waals surface area (Å²) >= 11 is 0. The molecular formula is C25H28N2O4. The molecule has 0 radical (unpaired) electrons. The second-order valence-corrected chi connectivity index (χ2v) is 8.24. The molecule has 31 heavy (non-hydrogen) atoms. The summed E-state index contributed by atoms with van der Waals surface area (Å²) in [6.07, 6.45) is 4.66. The maximum atomic E-state index is 12.7. The Morgan fingerprint density at radius 1 is 0.903 bits per heavy atom. The second kappa shape index (κ2) is 9.77. The lowest BCUT2D eigenvalue weighted by Crippen LogP contribution is -2.45. The topological polar surface area (TPSA) is 75.7 Å². The predicted molar refractivity (Wildman–Crippen MR) is 117 cm³/mol. The van der Waals surface area contributed by atoms with Crippen molar-refractivity contribution in [3.8, 4) is 5.75 Å². The molecule has 2 amide bonds. The molecule has 2 aromatic carbocycles. The summed E-state index contributed by atoms with van der Waals surface area (Å²) in [5, 5.41) is 2.70. The van der Waals surface area contributed by atoms with E-state index in [9.17, 15) is 14.4 Å². The van der Waals surface area contributed by atoms with Gasteiger partial charge in [0.2, 0.25) is 5.91 Å². The van der Waals surface area contributed by atoms with E-state index in [1.54, 1.807) is 42.5 Å². The first-order valence-corrected chi connectivity index (χ1v) is 11.0. The molecule has 1 heterocycles. The number of amides is 2.